The minimum atomic E-state index is 0. The molecule has 0 bridgehead atoms. The normalized spacial score (nSPS) is 18.1. The molecule has 3 saturated carbocycles. The Kier molecular flexibility index (Phi) is 15.6. The number of hydrogen-bond acceptors (Lipinski definition) is 0. The Labute approximate surface area is 298 Å². The fourth-order valence-electron chi connectivity index (χ4n) is 8.83. The summed E-state index contributed by atoms with van der Waals surface area (Å²) in [5.74, 6) is 0. The fourth-order valence-corrected chi connectivity index (χ4v) is 14.2. The zero-order valence-electron chi connectivity index (χ0n) is 28.8. The van der Waals surface area contributed by atoms with Crippen LogP contribution in [-0.4, -0.2) is 26.1 Å². The molecule has 0 N–H and O–H groups in total. The maximum atomic E-state index is 2.80. The van der Waals surface area contributed by atoms with Gasteiger partial charge in [0.05, 0.1) is 0 Å². The van der Waals surface area contributed by atoms with Gasteiger partial charge in [0.25, 0.3) is 0 Å². The van der Waals surface area contributed by atoms with Gasteiger partial charge in [-0.15, -0.1) is 0 Å². The van der Waals surface area contributed by atoms with Gasteiger partial charge in [-0.1, -0.05) is 65.7 Å². The first-order valence-electron chi connectivity index (χ1n) is 17.5. The number of aromatic nitrogens is 2. The van der Waals surface area contributed by atoms with Crippen molar-refractivity contribution in [3.05, 3.63) is 74.1 Å². The van der Waals surface area contributed by atoms with E-state index < -0.39 is 0 Å². The quantitative estimate of drug-likeness (QED) is 0.235. The van der Waals surface area contributed by atoms with Crippen molar-refractivity contribution in [1.29, 1.82) is 0 Å². The summed E-state index contributed by atoms with van der Waals surface area (Å²) in [6.45, 7) is 13.1. The van der Waals surface area contributed by atoms with E-state index in [0.29, 0.717) is 7.92 Å². The molecule has 0 atom stereocenters. The molecule has 1 aromatic heterocycles. The molecule has 1 heterocycles. The molecule has 6 rings (SSSR count). The van der Waals surface area contributed by atoms with Crippen molar-refractivity contribution < 1.29 is 42.7 Å². The van der Waals surface area contributed by atoms with Gasteiger partial charge in [-0.3, -0.25) is 0 Å². The molecule has 6 heteroatoms. The maximum Gasteiger partial charge on any atom is -1.00 e. The van der Waals surface area contributed by atoms with Gasteiger partial charge < -0.3 is 24.8 Å². The average Bonchev–Trinajstić information content (AvgIpc) is 3.34. The van der Waals surface area contributed by atoms with Crippen molar-refractivity contribution in [1.82, 2.24) is 9.13 Å². The third-order valence-corrected chi connectivity index (χ3v) is 15.4. The minimum Gasteiger partial charge on any atom is -1.00 e. The van der Waals surface area contributed by atoms with E-state index in [2.05, 4.69) is 105 Å². The Balaban J connectivity index is 0.000000240. The third kappa shape index (κ3) is 9.46. The van der Waals surface area contributed by atoms with Crippen LogP contribution in [0.5, 0.6) is 0 Å². The third-order valence-electron chi connectivity index (χ3n) is 10.5. The van der Waals surface area contributed by atoms with E-state index in [1.165, 1.54) is 81.0 Å². The SMILES string of the molecule is C1CCC(P(C2CCCCC2)C2CCCCC2)CC1.Cc1cc(C)c(-n2ccn(-c3c(C)cc(C)cc3C)[c]2=[Ru+2])c(C)c1.[Cl-].[Cl-]. The van der Waals surface area contributed by atoms with Crippen LogP contribution < -0.4 is 24.8 Å². The molecule has 2 nitrogen and oxygen atoms in total. The summed E-state index contributed by atoms with van der Waals surface area (Å²) >= 11 is 2.80. The van der Waals surface area contributed by atoms with Gasteiger partial charge in [0.1, 0.15) is 0 Å². The Morgan fingerprint density at radius 3 is 1.02 bits per heavy atom. The van der Waals surface area contributed by atoms with E-state index in [4.69, 9.17) is 0 Å². The Hall–Kier alpha value is -0.717. The molecule has 0 unspecified atom stereocenters. The van der Waals surface area contributed by atoms with Crippen LogP contribution in [0.15, 0.2) is 36.7 Å². The first kappa shape index (κ1) is 38.7. The molecule has 250 valence electrons. The standard InChI is InChI=1S/C21H24N2.C18H33P.2ClH.Ru/c1-14-9-16(3)20(17(4)10-14)22-7-8-23(13-22)21-18(5)11-15(2)12-19(21)6;1-4-10-16(11-5-1)19(17-12-6-2-7-13-17)18-14-8-3-9-15-18;;;/h7-12H,1-6H3;16-18H,1-15H2;2*1H;/q;;;;+2/p-2. The van der Waals surface area contributed by atoms with Crippen molar-refractivity contribution in [3.63, 3.8) is 0 Å². The van der Waals surface area contributed by atoms with E-state index in [-0.39, 0.29) is 24.8 Å². The van der Waals surface area contributed by atoms with Crippen LogP contribution in [0.2, 0.25) is 0 Å². The van der Waals surface area contributed by atoms with E-state index in [9.17, 15) is 0 Å². The smallest absolute Gasteiger partial charge is 1.00 e. The molecular formula is C39H57Cl2N2PRu. The first-order valence-corrected chi connectivity index (χ1v) is 19.9. The summed E-state index contributed by atoms with van der Waals surface area (Å²) < 4.78 is 5.71. The summed E-state index contributed by atoms with van der Waals surface area (Å²) in [6.07, 6.45) is 27.9. The zero-order valence-corrected chi connectivity index (χ0v) is 32.9. The molecular weight excluding hydrogens is 699 g/mol. The number of benzene rings is 2. The van der Waals surface area contributed by atoms with Crippen molar-refractivity contribution in [3.8, 4) is 11.4 Å². The fraction of sp³-hybridized carbons (Fsp3) is 0.615. The van der Waals surface area contributed by atoms with Gasteiger partial charge in [0.15, 0.2) is 0 Å². The second-order valence-electron chi connectivity index (χ2n) is 14.1. The van der Waals surface area contributed by atoms with Gasteiger partial charge in [-0.25, -0.2) is 0 Å². The second kappa shape index (κ2) is 18.2. The van der Waals surface area contributed by atoms with Crippen LogP contribution in [0, 0.1) is 45.6 Å². The van der Waals surface area contributed by atoms with Crippen LogP contribution in [-0.2, 0) is 17.9 Å². The molecule has 0 radical (unpaired) electrons. The van der Waals surface area contributed by atoms with E-state index >= 15 is 0 Å². The Bertz CT molecular complexity index is 1260. The second-order valence-corrected chi connectivity index (χ2v) is 18.0. The topological polar surface area (TPSA) is 9.86 Å². The Morgan fingerprint density at radius 1 is 0.489 bits per heavy atom. The molecule has 0 aliphatic heterocycles. The molecule has 3 aromatic rings. The predicted molar refractivity (Wildman–Crippen MR) is 184 cm³/mol. The molecule has 3 aliphatic carbocycles. The van der Waals surface area contributed by atoms with Gasteiger partial charge >= 0.3 is 154 Å². The summed E-state index contributed by atoms with van der Waals surface area (Å²) in [4.78, 5) is 0. The maximum absolute atomic E-state index is 2.80. The summed E-state index contributed by atoms with van der Waals surface area (Å²) in [5, 5.41) is 0. The molecule has 3 fully saturated rings. The summed E-state index contributed by atoms with van der Waals surface area (Å²) in [7, 11) is 0.385. The van der Waals surface area contributed by atoms with E-state index in [0.717, 1.165) is 4.01 Å². The van der Waals surface area contributed by atoms with Crippen molar-refractivity contribution in [2.75, 3.05) is 0 Å². The van der Waals surface area contributed by atoms with Crippen LogP contribution in [0.1, 0.15) is 130 Å². The Morgan fingerprint density at radius 2 is 0.756 bits per heavy atom. The van der Waals surface area contributed by atoms with Crippen LogP contribution >= 0.6 is 7.92 Å². The van der Waals surface area contributed by atoms with Crippen LogP contribution in [0.3, 0.4) is 0 Å². The zero-order chi connectivity index (χ0) is 30.5. The van der Waals surface area contributed by atoms with Crippen molar-refractivity contribution in [2.24, 2.45) is 0 Å². The molecule has 0 amide bonds. The monoisotopic (exact) mass is 756 g/mol. The van der Waals surface area contributed by atoms with Gasteiger partial charge in [-0.05, 0) is 55.5 Å². The van der Waals surface area contributed by atoms with Gasteiger partial charge in [-0.2, -0.15) is 0 Å². The number of hydrogen-bond donors (Lipinski definition) is 0. The van der Waals surface area contributed by atoms with E-state index in [1.807, 2.05) is 0 Å². The van der Waals surface area contributed by atoms with Crippen LogP contribution in [0.25, 0.3) is 11.4 Å². The molecule has 0 saturated heterocycles. The molecule has 3 aliphatic rings. The molecule has 45 heavy (non-hydrogen) atoms. The number of imidazole rings is 1. The summed E-state index contributed by atoms with van der Waals surface area (Å²) in [5.41, 5.74) is 14.0. The van der Waals surface area contributed by atoms with Crippen LogP contribution in [0.4, 0.5) is 0 Å². The number of nitrogens with zero attached hydrogens (tertiary/aromatic N) is 2. The first-order chi connectivity index (χ1) is 20.7. The van der Waals surface area contributed by atoms with Gasteiger partial charge in [0.2, 0.25) is 0 Å². The van der Waals surface area contributed by atoms with Crippen molar-refractivity contribution >= 4 is 7.92 Å². The van der Waals surface area contributed by atoms with Crippen molar-refractivity contribution in [2.45, 2.75) is 155 Å². The number of rotatable bonds is 5. The minimum absolute atomic E-state index is 0. The molecule has 0 spiro atoms. The average molecular weight is 757 g/mol. The molecule has 2 aromatic carbocycles. The predicted octanol–water partition coefficient (Wildman–Crippen LogP) is 5.67. The summed E-state index contributed by atoms with van der Waals surface area (Å²) in [6, 6.07) is 9.00. The largest absolute Gasteiger partial charge is 1.00 e. The number of halogens is 2. The van der Waals surface area contributed by atoms with Gasteiger partial charge in [0, 0.05) is 0 Å². The number of aryl methyl sites for hydroxylation is 6. The van der Waals surface area contributed by atoms with E-state index in [1.54, 1.807) is 77.0 Å².